The molecule has 0 atom stereocenters. The molecule has 0 radical (unpaired) electrons. The summed E-state index contributed by atoms with van der Waals surface area (Å²) in [5.41, 5.74) is 8.57. The zero-order valence-corrected chi connectivity index (χ0v) is 10.1. The number of hydrogen-bond donors (Lipinski definition) is 0. The highest BCUT2D eigenvalue weighted by Crippen LogP contribution is 2.38. The fraction of sp³-hybridized carbons (Fsp3) is 0.364. The Bertz CT molecular complexity index is 444. The second-order valence-electron chi connectivity index (χ2n) is 3.18. The van der Waals surface area contributed by atoms with Crippen LogP contribution in [-0.4, -0.2) is 33.7 Å². The van der Waals surface area contributed by atoms with Crippen molar-refractivity contribution in [2.24, 2.45) is 5.11 Å². The number of carbonyl (C=O) groups is 1. The SMILES string of the molecule is COc1cc(C=O)cc(OC)c1OCCN=[N+]=[N-]. The van der Waals surface area contributed by atoms with Crippen molar-refractivity contribution in [1.82, 2.24) is 0 Å². The minimum Gasteiger partial charge on any atom is -0.493 e. The van der Waals surface area contributed by atoms with Gasteiger partial charge in [0.05, 0.1) is 27.4 Å². The van der Waals surface area contributed by atoms with Crippen molar-refractivity contribution in [2.75, 3.05) is 27.4 Å². The molecule has 0 fully saturated rings. The molecule has 0 amide bonds. The first-order valence-corrected chi connectivity index (χ1v) is 5.11. The Labute approximate surface area is 104 Å². The van der Waals surface area contributed by atoms with E-state index in [1.807, 2.05) is 0 Å². The van der Waals surface area contributed by atoms with Gasteiger partial charge >= 0.3 is 0 Å². The predicted molar refractivity (Wildman–Crippen MR) is 64.4 cm³/mol. The van der Waals surface area contributed by atoms with E-state index in [1.165, 1.54) is 14.2 Å². The van der Waals surface area contributed by atoms with Gasteiger partial charge in [0.2, 0.25) is 5.75 Å². The van der Waals surface area contributed by atoms with Crippen molar-refractivity contribution in [3.8, 4) is 17.2 Å². The highest BCUT2D eigenvalue weighted by Gasteiger charge is 2.13. The molecule has 1 rings (SSSR count). The third kappa shape index (κ3) is 3.29. The van der Waals surface area contributed by atoms with Crippen LogP contribution in [0, 0.1) is 0 Å². The first-order valence-electron chi connectivity index (χ1n) is 5.11. The molecule has 18 heavy (non-hydrogen) atoms. The van der Waals surface area contributed by atoms with Crippen LogP contribution in [0.4, 0.5) is 0 Å². The van der Waals surface area contributed by atoms with Gasteiger partial charge in [-0.2, -0.15) is 0 Å². The maximum absolute atomic E-state index is 10.7. The van der Waals surface area contributed by atoms with E-state index in [4.69, 9.17) is 19.7 Å². The molecule has 0 aliphatic rings. The highest BCUT2D eigenvalue weighted by molar-refractivity contribution is 5.78. The van der Waals surface area contributed by atoms with Gasteiger partial charge < -0.3 is 14.2 Å². The monoisotopic (exact) mass is 251 g/mol. The molecule has 1 aromatic carbocycles. The standard InChI is InChI=1S/C11H13N3O4/c1-16-9-5-8(7-15)6-10(17-2)11(9)18-4-3-13-14-12/h5-7H,3-4H2,1-2H3. The van der Waals surface area contributed by atoms with Gasteiger partial charge in [0.1, 0.15) is 6.29 Å². The third-order valence-electron chi connectivity index (χ3n) is 2.12. The van der Waals surface area contributed by atoms with E-state index >= 15 is 0 Å². The van der Waals surface area contributed by atoms with Gasteiger partial charge in [-0.15, -0.1) is 0 Å². The topological polar surface area (TPSA) is 93.5 Å². The number of azide groups is 1. The fourth-order valence-corrected chi connectivity index (χ4v) is 1.34. The molecular weight excluding hydrogens is 238 g/mol. The molecule has 7 heteroatoms. The van der Waals surface area contributed by atoms with E-state index in [2.05, 4.69) is 10.0 Å². The molecule has 0 aromatic heterocycles. The Morgan fingerprint density at radius 2 is 1.94 bits per heavy atom. The second kappa shape index (κ2) is 7.03. The molecular formula is C11H13N3O4. The Morgan fingerprint density at radius 3 is 2.39 bits per heavy atom. The number of carbonyl (C=O) groups excluding carboxylic acids is 1. The number of aldehydes is 1. The summed E-state index contributed by atoms with van der Waals surface area (Å²) in [7, 11) is 2.92. The van der Waals surface area contributed by atoms with Crippen molar-refractivity contribution >= 4 is 6.29 Å². The van der Waals surface area contributed by atoms with Crippen LogP contribution in [0.2, 0.25) is 0 Å². The van der Waals surface area contributed by atoms with Crippen LogP contribution < -0.4 is 14.2 Å². The van der Waals surface area contributed by atoms with Crippen LogP contribution in [0.1, 0.15) is 10.4 Å². The van der Waals surface area contributed by atoms with Crippen LogP contribution >= 0.6 is 0 Å². The maximum atomic E-state index is 10.7. The molecule has 0 saturated heterocycles. The highest BCUT2D eigenvalue weighted by atomic mass is 16.5. The van der Waals surface area contributed by atoms with E-state index < -0.39 is 0 Å². The Balaban J connectivity index is 2.98. The summed E-state index contributed by atoms with van der Waals surface area (Å²) >= 11 is 0. The Morgan fingerprint density at radius 1 is 1.33 bits per heavy atom. The van der Waals surface area contributed by atoms with Gasteiger partial charge in [-0.1, -0.05) is 5.11 Å². The molecule has 0 aliphatic carbocycles. The number of rotatable bonds is 7. The number of methoxy groups -OCH3 is 2. The molecule has 7 nitrogen and oxygen atoms in total. The first-order chi connectivity index (χ1) is 8.76. The summed E-state index contributed by atoms with van der Waals surface area (Å²) in [6.07, 6.45) is 0.689. The number of ether oxygens (including phenoxy) is 3. The van der Waals surface area contributed by atoms with E-state index in [0.717, 1.165) is 0 Å². The molecule has 1 aromatic rings. The van der Waals surface area contributed by atoms with Gasteiger partial charge in [-0.25, -0.2) is 0 Å². The second-order valence-corrected chi connectivity index (χ2v) is 3.18. The summed E-state index contributed by atoms with van der Waals surface area (Å²) < 4.78 is 15.7. The largest absolute Gasteiger partial charge is 0.493 e. The van der Waals surface area contributed by atoms with Gasteiger partial charge in [0.15, 0.2) is 11.5 Å². The van der Waals surface area contributed by atoms with Crippen LogP contribution in [0.3, 0.4) is 0 Å². The van der Waals surface area contributed by atoms with Crippen molar-refractivity contribution in [3.05, 3.63) is 28.1 Å². The molecule has 96 valence electrons. The average Bonchev–Trinajstić information content (AvgIpc) is 2.42. The molecule has 0 heterocycles. The number of hydrogen-bond acceptors (Lipinski definition) is 5. The summed E-state index contributed by atoms with van der Waals surface area (Å²) in [4.78, 5) is 13.4. The van der Waals surface area contributed by atoms with Crippen molar-refractivity contribution < 1.29 is 19.0 Å². The Kier molecular flexibility index (Phi) is 5.34. The van der Waals surface area contributed by atoms with Crippen molar-refractivity contribution in [3.63, 3.8) is 0 Å². The number of benzene rings is 1. The first kappa shape index (κ1) is 13.7. The molecule has 0 N–H and O–H groups in total. The molecule has 0 unspecified atom stereocenters. The molecule has 0 saturated carbocycles. The average molecular weight is 251 g/mol. The fourth-order valence-electron chi connectivity index (χ4n) is 1.34. The van der Waals surface area contributed by atoms with Gasteiger partial charge in [0.25, 0.3) is 0 Å². The van der Waals surface area contributed by atoms with Crippen LogP contribution in [-0.2, 0) is 0 Å². The van der Waals surface area contributed by atoms with Crippen molar-refractivity contribution in [1.29, 1.82) is 0 Å². The third-order valence-corrected chi connectivity index (χ3v) is 2.12. The van der Waals surface area contributed by atoms with E-state index in [0.29, 0.717) is 29.1 Å². The van der Waals surface area contributed by atoms with E-state index in [1.54, 1.807) is 12.1 Å². The van der Waals surface area contributed by atoms with Gasteiger partial charge in [-0.05, 0) is 17.7 Å². The lowest BCUT2D eigenvalue weighted by Crippen LogP contribution is -2.04. The summed E-state index contributed by atoms with van der Waals surface area (Å²) in [5, 5.41) is 3.35. The number of nitrogens with zero attached hydrogens (tertiary/aromatic N) is 3. The quantitative estimate of drug-likeness (QED) is 0.244. The zero-order chi connectivity index (χ0) is 13.4. The summed E-state index contributed by atoms with van der Waals surface area (Å²) in [5.74, 6) is 1.15. The zero-order valence-electron chi connectivity index (χ0n) is 10.1. The summed E-state index contributed by atoms with van der Waals surface area (Å²) in [6, 6.07) is 3.08. The van der Waals surface area contributed by atoms with Crippen LogP contribution in [0.5, 0.6) is 17.2 Å². The van der Waals surface area contributed by atoms with Gasteiger partial charge in [0, 0.05) is 10.5 Å². The molecule has 0 aliphatic heterocycles. The van der Waals surface area contributed by atoms with E-state index in [9.17, 15) is 4.79 Å². The lowest BCUT2D eigenvalue weighted by molar-refractivity contribution is 0.112. The molecule has 0 spiro atoms. The lowest BCUT2D eigenvalue weighted by Gasteiger charge is -2.14. The molecule has 0 bridgehead atoms. The van der Waals surface area contributed by atoms with E-state index in [-0.39, 0.29) is 13.2 Å². The van der Waals surface area contributed by atoms with Crippen LogP contribution in [0.15, 0.2) is 17.2 Å². The smallest absolute Gasteiger partial charge is 0.203 e. The Hall–Kier alpha value is -2.40. The van der Waals surface area contributed by atoms with Crippen LogP contribution in [0.25, 0.3) is 10.4 Å². The lowest BCUT2D eigenvalue weighted by atomic mass is 10.2. The normalized spacial score (nSPS) is 9.22. The summed E-state index contributed by atoms with van der Waals surface area (Å²) in [6.45, 7) is 0.384. The van der Waals surface area contributed by atoms with Gasteiger partial charge in [-0.3, -0.25) is 4.79 Å². The minimum atomic E-state index is 0.192. The predicted octanol–water partition coefficient (Wildman–Crippen LogP) is 2.21. The van der Waals surface area contributed by atoms with Crippen molar-refractivity contribution in [2.45, 2.75) is 0 Å². The maximum Gasteiger partial charge on any atom is 0.203 e. The minimum absolute atomic E-state index is 0.192.